The molecule has 0 spiro atoms. The second kappa shape index (κ2) is 14.8. The molecule has 12 heteroatoms. The summed E-state index contributed by atoms with van der Waals surface area (Å²) in [6, 6.07) is 12.5. The fourth-order valence-corrected chi connectivity index (χ4v) is 6.07. The quantitative estimate of drug-likeness (QED) is 0.219. The number of H-pyrrole nitrogens is 1. The van der Waals surface area contributed by atoms with Crippen molar-refractivity contribution in [1.82, 2.24) is 41.3 Å². The van der Waals surface area contributed by atoms with E-state index in [1.807, 2.05) is 12.1 Å². The summed E-state index contributed by atoms with van der Waals surface area (Å²) in [6.45, 7) is 9.03. The molecule has 2 aromatic carbocycles. The smallest absolute Gasteiger partial charge is 0.272 e. The van der Waals surface area contributed by atoms with Gasteiger partial charge in [0.15, 0.2) is 5.11 Å². The lowest BCUT2D eigenvalue weighted by Gasteiger charge is -2.39. The number of thiocarbonyl (C=S) groups is 1. The summed E-state index contributed by atoms with van der Waals surface area (Å²) in [5.41, 5.74) is 1.23. The van der Waals surface area contributed by atoms with E-state index in [1.54, 1.807) is 29.2 Å². The number of rotatable bonds is 10. The molecule has 2 aliphatic rings. The van der Waals surface area contributed by atoms with Gasteiger partial charge in [0, 0.05) is 82.8 Å². The van der Waals surface area contributed by atoms with E-state index in [9.17, 15) is 14.0 Å². The van der Waals surface area contributed by atoms with E-state index in [1.165, 1.54) is 6.07 Å². The first-order chi connectivity index (χ1) is 20.9. The first kappa shape index (κ1) is 31.0. The number of hydrogen-bond acceptors (Lipinski definition) is 7. The third-order valence-corrected chi connectivity index (χ3v) is 8.57. The fraction of sp³-hybridized carbons (Fsp3) is 0.484. The van der Waals surface area contributed by atoms with Crippen LogP contribution in [0.3, 0.4) is 0 Å². The Morgan fingerprint density at radius 1 is 1.12 bits per heavy atom. The molecule has 0 aliphatic carbocycles. The van der Waals surface area contributed by atoms with Crippen LogP contribution in [0.2, 0.25) is 0 Å². The minimum Gasteiger partial charge on any atom is -0.361 e. The van der Waals surface area contributed by atoms with Crippen molar-refractivity contribution in [3.8, 4) is 0 Å². The van der Waals surface area contributed by atoms with Gasteiger partial charge in [0.1, 0.15) is 5.82 Å². The molecule has 10 nitrogen and oxygen atoms in total. The average Bonchev–Trinajstić information content (AvgIpc) is 3.04. The Morgan fingerprint density at radius 2 is 1.91 bits per heavy atom. The molecule has 2 saturated heterocycles. The van der Waals surface area contributed by atoms with Gasteiger partial charge in [-0.2, -0.15) is 5.10 Å². The molecule has 2 unspecified atom stereocenters. The van der Waals surface area contributed by atoms with Crippen LogP contribution in [0.4, 0.5) is 4.39 Å². The van der Waals surface area contributed by atoms with E-state index in [4.69, 9.17) is 12.2 Å². The van der Waals surface area contributed by atoms with Gasteiger partial charge in [0.05, 0.1) is 16.6 Å². The summed E-state index contributed by atoms with van der Waals surface area (Å²) in [4.78, 5) is 29.8. The number of benzene rings is 2. The van der Waals surface area contributed by atoms with E-state index < -0.39 is 5.82 Å². The minimum absolute atomic E-state index is 0.0607. The Balaban J connectivity index is 1.16. The van der Waals surface area contributed by atoms with Crippen LogP contribution in [-0.4, -0.2) is 102 Å². The van der Waals surface area contributed by atoms with E-state index in [-0.39, 0.29) is 23.1 Å². The molecular weight excluding hydrogens is 567 g/mol. The Morgan fingerprint density at radius 3 is 2.65 bits per heavy atom. The van der Waals surface area contributed by atoms with Crippen LogP contribution < -0.4 is 26.8 Å². The van der Waals surface area contributed by atoms with Crippen molar-refractivity contribution in [1.29, 1.82) is 0 Å². The summed E-state index contributed by atoms with van der Waals surface area (Å²) in [5, 5.41) is 22.3. The minimum atomic E-state index is -0.538. The number of hydrogen-bond donors (Lipinski definition) is 5. The largest absolute Gasteiger partial charge is 0.361 e. The number of piperazine rings is 2. The van der Waals surface area contributed by atoms with Crippen LogP contribution in [0.25, 0.3) is 10.8 Å². The summed E-state index contributed by atoms with van der Waals surface area (Å²) >= 11 is 5.53. The fourth-order valence-electron chi connectivity index (χ4n) is 5.90. The lowest BCUT2D eigenvalue weighted by atomic mass is 10.0. The van der Waals surface area contributed by atoms with Crippen LogP contribution in [-0.2, 0) is 6.42 Å². The Kier molecular flexibility index (Phi) is 10.7. The summed E-state index contributed by atoms with van der Waals surface area (Å²) < 4.78 is 14.9. The third-order valence-electron chi connectivity index (χ3n) is 8.28. The number of amides is 1. The number of halogens is 1. The lowest BCUT2D eigenvalue weighted by Crippen LogP contribution is -2.56. The monoisotopic (exact) mass is 608 g/mol. The molecule has 3 heterocycles. The Labute approximate surface area is 256 Å². The highest BCUT2D eigenvalue weighted by molar-refractivity contribution is 7.80. The molecule has 2 atom stereocenters. The van der Waals surface area contributed by atoms with Crippen LogP contribution in [0.15, 0.2) is 47.3 Å². The first-order valence-corrected chi connectivity index (χ1v) is 15.6. The second-order valence-corrected chi connectivity index (χ2v) is 11.7. The van der Waals surface area contributed by atoms with Gasteiger partial charge >= 0.3 is 0 Å². The summed E-state index contributed by atoms with van der Waals surface area (Å²) in [7, 11) is 0. The molecule has 2 aliphatic heterocycles. The van der Waals surface area contributed by atoms with E-state index in [0.29, 0.717) is 54.8 Å². The molecule has 0 saturated carbocycles. The SMILES string of the molecule is CCCC(CNC(=S)NCC1CNCCN1)N1CCN(C(=O)c2cc(Cc3n[nH]c(=O)c4ccccc34)ccc2F)CC1. The molecular formula is C31H41FN8O2S. The molecule has 1 amide bonds. The number of nitrogens with one attached hydrogen (secondary N) is 5. The van der Waals surface area contributed by atoms with Crippen molar-refractivity contribution >= 4 is 34.0 Å². The Hall–Kier alpha value is -3.45. The maximum atomic E-state index is 14.9. The Bertz CT molecular complexity index is 1470. The van der Waals surface area contributed by atoms with E-state index >= 15 is 0 Å². The predicted molar refractivity (Wildman–Crippen MR) is 171 cm³/mol. The van der Waals surface area contributed by atoms with Gasteiger partial charge in [-0.15, -0.1) is 0 Å². The van der Waals surface area contributed by atoms with Crippen LogP contribution >= 0.6 is 12.2 Å². The normalized spacial score (nSPS) is 18.4. The van der Waals surface area contributed by atoms with Crippen LogP contribution in [0, 0.1) is 5.82 Å². The number of nitrogens with zero attached hydrogens (tertiary/aromatic N) is 3. The van der Waals surface area contributed by atoms with Crippen molar-refractivity contribution in [3.63, 3.8) is 0 Å². The van der Waals surface area contributed by atoms with E-state index in [0.717, 1.165) is 56.5 Å². The maximum Gasteiger partial charge on any atom is 0.272 e. The summed E-state index contributed by atoms with van der Waals surface area (Å²) in [5.74, 6) is -0.844. The average molecular weight is 609 g/mol. The number of aromatic amines is 1. The molecule has 230 valence electrons. The molecule has 0 bridgehead atoms. The first-order valence-electron chi connectivity index (χ1n) is 15.2. The number of aromatic nitrogens is 2. The zero-order valence-electron chi connectivity index (χ0n) is 24.6. The number of carbonyl (C=O) groups excluding carboxylic acids is 1. The van der Waals surface area contributed by atoms with Gasteiger partial charge in [-0.1, -0.05) is 37.6 Å². The van der Waals surface area contributed by atoms with Crippen molar-refractivity contribution in [2.45, 2.75) is 38.3 Å². The van der Waals surface area contributed by atoms with Crippen molar-refractivity contribution in [2.24, 2.45) is 0 Å². The number of fused-ring (bicyclic) bond motifs is 1. The summed E-state index contributed by atoms with van der Waals surface area (Å²) in [6.07, 6.45) is 2.42. The second-order valence-electron chi connectivity index (χ2n) is 11.3. The zero-order chi connectivity index (χ0) is 30.2. The van der Waals surface area contributed by atoms with E-state index in [2.05, 4.69) is 43.3 Å². The molecule has 2 fully saturated rings. The van der Waals surface area contributed by atoms with Crippen LogP contribution in [0.5, 0.6) is 0 Å². The van der Waals surface area contributed by atoms with Gasteiger partial charge in [0.25, 0.3) is 11.5 Å². The standard InChI is InChI=1S/C31H41FN8O2S/c1-2-5-23(20-36-31(43)35-19-22-18-33-10-11-34-22)39-12-14-40(15-13-39)30(42)26-16-21(8-9-27(26)32)17-28-24-6-3-4-7-25(24)29(41)38-37-28/h3-4,6-9,16,22-23,33-34H,2,5,10-15,17-20H2,1H3,(H,38,41)(H2,35,36,43). The van der Waals surface area contributed by atoms with Crippen molar-refractivity contribution in [3.05, 3.63) is 75.5 Å². The molecule has 5 N–H and O–H groups in total. The molecule has 43 heavy (non-hydrogen) atoms. The maximum absolute atomic E-state index is 14.9. The van der Waals surface area contributed by atoms with Gasteiger partial charge in [-0.25, -0.2) is 9.49 Å². The van der Waals surface area contributed by atoms with Gasteiger partial charge in [-0.05, 0) is 42.4 Å². The molecule has 5 rings (SSSR count). The topological polar surface area (TPSA) is 117 Å². The third kappa shape index (κ3) is 7.94. The van der Waals surface area contributed by atoms with Crippen LogP contribution in [0.1, 0.15) is 41.4 Å². The predicted octanol–water partition coefficient (Wildman–Crippen LogP) is 1.61. The highest BCUT2D eigenvalue weighted by Gasteiger charge is 2.28. The molecule has 3 aromatic rings. The molecule has 0 radical (unpaired) electrons. The molecule has 1 aromatic heterocycles. The van der Waals surface area contributed by atoms with Gasteiger partial charge in [0.2, 0.25) is 0 Å². The highest BCUT2D eigenvalue weighted by atomic mass is 32.1. The van der Waals surface area contributed by atoms with Crippen molar-refractivity contribution in [2.75, 3.05) is 58.9 Å². The highest BCUT2D eigenvalue weighted by Crippen LogP contribution is 2.20. The zero-order valence-corrected chi connectivity index (χ0v) is 25.4. The number of carbonyl (C=O) groups is 1. The van der Waals surface area contributed by atoms with Gasteiger partial charge in [-0.3, -0.25) is 14.5 Å². The lowest BCUT2D eigenvalue weighted by molar-refractivity contribution is 0.0557. The van der Waals surface area contributed by atoms with Gasteiger partial charge < -0.3 is 26.2 Å². The van der Waals surface area contributed by atoms with Crippen molar-refractivity contribution < 1.29 is 9.18 Å².